The summed E-state index contributed by atoms with van der Waals surface area (Å²) in [6.45, 7) is 6.56. The summed E-state index contributed by atoms with van der Waals surface area (Å²) in [5.41, 5.74) is 2.35. The largest absolute Gasteiger partial charge is 0.313 e. The molecule has 0 aliphatic heterocycles. The molecule has 3 unspecified atom stereocenters. The minimum absolute atomic E-state index is 0.323. The van der Waals surface area contributed by atoms with Gasteiger partial charge in [-0.25, -0.2) is 9.97 Å². The summed E-state index contributed by atoms with van der Waals surface area (Å²) in [6, 6.07) is 0.323. The van der Waals surface area contributed by atoms with Gasteiger partial charge < -0.3 is 5.32 Å². The molecule has 1 aromatic rings. The van der Waals surface area contributed by atoms with Crippen LogP contribution in [0.2, 0.25) is 0 Å². The van der Waals surface area contributed by atoms with E-state index in [1.54, 1.807) is 0 Å². The monoisotopic (exact) mass is 261 g/mol. The quantitative estimate of drug-likeness (QED) is 0.897. The molecule has 0 amide bonds. The Kier molecular flexibility index (Phi) is 4.92. The zero-order valence-electron chi connectivity index (χ0n) is 12.7. The Morgan fingerprint density at radius 2 is 2.21 bits per heavy atom. The van der Waals surface area contributed by atoms with E-state index in [1.165, 1.54) is 37.7 Å². The molecule has 1 aromatic heterocycles. The third kappa shape index (κ3) is 3.33. The van der Waals surface area contributed by atoms with Crippen LogP contribution in [0.1, 0.15) is 75.0 Å². The van der Waals surface area contributed by atoms with Crippen LogP contribution in [0, 0.1) is 12.8 Å². The van der Waals surface area contributed by atoms with Crippen molar-refractivity contribution in [3.05, 3.63) is 23.3 Å². The van der Waals surface area contributed by atoms with E-state index in [0.29, 0.717) is 12.0 Å². The number of hydrogen-bond acceptors (Lipinski definition) is 3. The SMILES string of the molecule is CCC1CCCC(c2ncc(C(C)NC)c(C)n2)C1. The van der Waals surface area contributed by atoms with Crippen molar-refractivity contribution in [2.24, 2.45) is 5.92 Å². The Hall–Kier alpha value is -0.960. The number of nitrogens with zero attached hydrogens (tertiary/aromatic N) is 2. The van der Waals surface area contributed by atoms with Crippen molar-refractivity contribution < 1.29 is 0 Å². The van der Waals surface area contributed by atoms with Crippen molar-refractivity contribution in [2.75, 3.05) is 7.05 Å². The average Bonchev–Trinajstić information content (AvgIpc) is 2.46. The molecule has 19 heavy (non-hydrogen) atoms. The number of nitrogens with one attached hydrogen (secondary N) is 1. The summed E-state index contributed by atoms with van der Waals surface area (Å²) in [6.07, 6.45) is 8.58. The van der Waals surface area contributed by atoms with Crippen molar-refractivity contribution in [2.45, 2.75) is 64.8 Å². The normalized spacial score (nSPS) is 25.3. The zero-order valence-corrected chi connectivity index (χ0v) is 12.7. The highest BCUT2D eigenvalue weighted by molar-refractivity contribution is 5.20. The van der Waals surface area contributed by atoms with E-state index in [0.717, 1.165) is 17.4 Å². The Bertz CT molecular complexity index is 416. The molecule has 3 atom stereocenters. The van der Waals surface area contributed by atoms with Crippen LogP contribution in [0.15, 0.2) is 6.20 Å². The Labute approximate surface area is 117 Å². The molecule has 1 heterocycles. The van der Waals surface area contributed by atoms with Gasteiger partial charge in [-0.3, -0.25) is 0 Å². The van der Waals surface area contributed by atoms with Crippen LogP contribution in [-0.2, 0) is 0 Å². The van der Waals surface area contributed by atoms with E-state index in [4.69, 9.17) is 4.98 Å². The van der Waals surface area contributed by atoms with Gasteiger partial charge in [0.25, 0.3) is 0 Å². The van der Waals surface area contributed by atoms with Gasteiger partial charge in [-0.05, 0) is 39.7 Å². The van der Waals surface area contributed by atoms with Crippen molar-refractivity contribution in [3.63, 3.8) is 0 Å². The summed E-state index contributed by atoms with van der Waals surface area (Å²) in [4.78, 5) is 9.43. The lowest BCUT2D eigenvalue weighted by Crippen LogP contribution is -2.19. The van der Waals surface area contributed by atoms with Gasteiger partial charge in [0, 0.05) is 29.4 Å². The van der Waals surface area contributed by atoms with Crippen LogP contribution in [0.5, 0.6) is 0 Å². The molecule has 0 bridgehead atoms. The molecule has 1 N–H and O–H groups in total. The molecule has 3 heteroatoms. The topological polar surface area (TPSA) is 37.8 Å². The van der Waals surface area contributed by atoms with E-state index in [-0.39, 0.29) is 0 Å². The summed E-state index contributed by atoms with van der Waals surface area (Å²) in [5, 5.41) is 3.26. The molecule has 2 rings (SSSR count). The van der Waals surface area contributed by atoms with Crippen LogP contribution in [-0.4, -0.2) is 17.0 Å². The second-order valence-electron chi connectivity index (χ2n) is 5.92. The molecule has 106 valence electrons. The van der Waals surface area contributed by atoms with Crippen LogP contribution in [0.25, 0.3) is 0 Å². The van der Waals surface area contributed by atoms with Gasteiger partial charge in [0.05, 0.1) is 0 Å². The molecule has 1 saturated carbocycles. The first-order valence-corrected chi connectivity index (χ1v) is 7.66. The van der Waals surface area contributed by atoms with Crippen LogP contribution in [0.4, 0.5) is 0 Å². The summed E-state index contributed by atoms with van der Waals surface area (Å²) < 4.78 is 0. The van der Waals surface area contributed by atoms with Crippen LogP contribution in [0.3, 0.4) is 0 Å². The average molecular weight is 261 g/mol. The molecule has 1 aliphatic rings. The molecule has 0 radical (unpaired) electrons. The second kappa shape index (κ2) is 6.47. The maximum atomic E-state index is 4.78. The molecule has 3 nitrogen and oxygen atoms in total. The Balaban J connectivity index is 2.15. The molecular weight excluding hydrogens is 234 g/mol. The van der Waals surface area contributed by atoms with Gasteiger partial charge in [0.1, 0.15) is 5.82 Å². The molecule has 0 saturated heterocycles. The van der Waals surface area contributed by atoms with Crippen molar-refractivity contribution >= 4 is 0 Å². The van der Waals surface area contributed by atoms with Crippen LogP contribution < -0.4 is 5.32 Å². The maximum Gasteiger partial charge on any atom is 0.131 e. The van der Waals surface area contributed by atoms with E-state index < -0.39 is 0 Å². The lowest BCUT2D eigenvalue weighted by molar-refractivity contribution is 0.306. The predicted molar refractivity (Wildman–Crippen MR) is 79.2 cm³/mol. The lowest BCUT2D eigenvalue weighted by Gasteiger charge is -2.27. The number of hydrogen-bond donors (Lipinski definition) is 1. The smallest absolute Gasteiger partial charge is 0.131 e. The van der Waals surface area contributed by atoms with Gasteiger partial charge in [-0.1, -0.05) is 26.2 Å². The summed E-state index contributed by atoms with van der Waals surface area (Å²) in [5.74, 6) is 2.53. The van der Waals surface area contributed by atoms with Gasteiger partial charge in [0.2, 0.25) is 0 Å². The second-order valence-corrected chi connectivity index (χ2v) is 5.92. The minimum atomic E-state index is 0.323. The fourth-order valence-electron chi connectivity index (χ4n) is 3.17. The first-order chi connectivity index (χ1) is 9.15. The van der Waals surface area contributed by atoms with E-state index >= 15 is 0 Å². The van der Waals surface area contributed by atoms with Crippen LogP contribution >= 0.6 is 0 Å². The number of aromatic nitrogens is 2. The Morgan fingerprint density at radius 1 is 1.42 bits per heavy atom. The first kappa shape index (κ1) is 14.4. The Morgan fingerprint density at radius 3 is 2.84 bits per heavy atom. The van der Waals surface area contributed by atoms with Crippen molar-refractivity contribution in [1.29, 1.82) is 0 Å². The number of aryl methyl sites for hydroxylation is 1. The van der Waals surface area contributed by atoms with Gasteiger partial charge >= 0.3 is 0 Å². The lowest BCUT2D eigenvalue weighted by atomic mass is 9.80. The predicted octanol–water partition coefficient (Wildman–Crippen LogP) is 3.75. The molecule has 0 aromatic carbocycles. The highest BCUT2D eigenvalue weighted by atomic mass is 14.9. The zero-order chi connectivity index (χ0) is 13.8. The third-order valence-electron chi connectivity index (χ3n) is 4.66. The highest BCUT2D eigenvalue weighted by Crippen LogP contribution is 2.36. The molecule has 1 aliphatic carbocycles. The standard InChI is InChI=1S/C16H27N3/c1-5-13-7-6-8-14(9-13)16-18-10-15(11(2)17-4)12(3)19-16/h10-11,13-14,17H,5-9H2,1-4H3. The van der Waals surface area contributed by atoms with E-state index in [1.807, 2.05) is 13.2 Å². The first-order valence-electron chi connectivity index (χ1n) is 7.66. The van der Waals surface area contributed by atoms with Gasteiger partial charge in [-0.2, -0.15) is 0 Å². The van der Waals surface area contributed by atoms with Crippen molar-refractivity contribution in [3.8, 4) is 0 Å². The fourth-order valence-corrected chi connectivity index (χ4v) is 3.17. The van der Waals surface area contributed by atoms with Gasteiger partial charge in [0.15, 0.2) is 0 Å². The highest BCUT2D eigenvalue weighted by Gasteiger charge is 2.24. The van der Waals surface area contributed by atoms with Gasteiger partial charge in [-0.15, -0.1) is 0 Å². The van der Waals surface area contributed by atoms with E-state index in [9.17, 15) is 0 Å². The summed E-state index contributed by atoms with van der Waals surface area (Å²) in [7, 11) is 1.98. The maximum absolute atomic E-state index is 4.78. The van der Waals surface area contributed by atoms with E-state index in [2.05, 4.69) is 31.1 Å². The van der Waals surface area contributed by atoms with Crippen molar-refractivity contribution in [1.82, 2.24) is 15.3 Å². The molecular formula is C16H27N3. The molecule has 1 fully saturated rings. The summed E-state index contributed by atoms with van der Waals surface area (Å²) >= 11 is 0. The third-order valence-corrected chi connectivity index (χ3v) is 4.66. The minimum Gasteiger partial charge on any atom is -0.313 e. The fraction of sp³-hybridized carbons (Fsp3) is 0.750. The molecule has 0 spiro atoms. The number of rotatable bonds is 4.